The molecule has 4 heteroatoms. The summed E-state index contributed by atoms with van der Waals surface area (Å²) in [6, 6.07) is 14.5. The maximum Gasteiger partial charge on any atom is 0.0880 e. The van der Waals surface area contributed by atoms with Gasteiger partial charge in [-0.1, -0.05) is 68.6 Å². The largest absolute Gasteiger partial charge is 0.385 e. The predicted octanol–water partition coefficient (Wildman–Crippen LogP) is 5.96. The Bertz CT molecular complexity index is 706. The standard InChI is InChI=1S/C21H25Br2NO/c1-21(25,11-14-24-12-3-2-4-13-24)17-7-5-16(6-8-17)19-10-9-18(22)15-20(19)23/h5-10,15,25H,2-4,11-14H2,1H3. The number of aliphatic hydroxyl groups is 1. The molecule has 1 fully saturated rings. The molecule has 1 saturated heterocycles. The van der Waals surface area contributed by atoms with Crippen molar-refractivity contribution in [2.75, 3.05) is 19.6 Å². The van der Waals surface area contributed by atoms with Crippen molar-refractivity contribution in [3.63, 3.8) is 0 Å². The number of nitrogens with zero attached hydrogens (tertiary/aromatic N) is 1. The average molecular weight is 467 g/mol. The van der Waals surface area contributed by atoms with Gasteiger partial charge in [0.1, 0.15) is 0 Å². The van der Waals surface area contributed by atoms with Crippen LogP contribution >= 0.6 is 31.9 Å². The van der Waals surface area contributed by atoms with Crippen LogP contribution in [0.3, 0.4) is 0 Å². The maximum absolute atomic E-state index is 10.9. The molecule has 25 heavy (non-hydrogen) atoms. The van der Waals surface area contributed by atoms with Gasteiger partial charge in [0, 0.05) is 15.5 Å². The molecule has 1 N–H and O–H groups in total. The molecule has 1 aliphatic rings. The lowest BCUT2D eigenvalue weighted by atomic mass is 9.90. The summed E-state index contributed by atoms with van der Waals surface area (Å²) in [5, 5.41) is 10.9. The van der Waals surface area contributed by atoms with Gasteiger partial charge in [-0.25, -0.2) is 0 Å². The Kier molecular flexibility index (Phi) is 6.37. The van der Waals surface area contributed by atoms with Crippen molar-refractivity contribution in [2.24, 2.45) is 0 Å². The molecule has 3 rings (SSSR count). The number of hydrogen-bond donors (Lipinski definition) is 1. The van der Waals surface area contributed by atoms with Crippen molar-refractivity contribution in [3.05, 3.63) is 57.0 Å². The molecule has 2 aromatic carbocycles. The molecule has 1 atom stereocenters. The summed E-state index contributed by atoms with van der Waals surface area (Å²) in [6.45, 7) is 5.24. The molecule has 0 radical (unpaired) electrons. The van der Waals surface area contributed by atoms with Gasteiger partial charge in [0.25, 0.3) is 0 Å². The number of hydrogen-bond acceptors (Lipinski definition) is 2. The molecular formula is C21H25Br2NO. The van der Waals surface area contributed by atoms with Crippen molar-refractivity contribution < 1.29 is 5.11 Å². The summed E-state index contributed by atoms with van der Waals surface area (Å²) in [5.41, 5.74) is 2.51. The van der Waals surface area contributed by atoms with E-state index in [2.05, 4.69) is 73.2 Å². The second-order valence-electron chi connectivity index (χ2n) is 7.13. The fourth-order valence-corrected chi connectivity index (χ4v) is 4.71. The highest BCUT2D eigenvalue weighted by atomic mass is 79.9. The van der Waals surface area contributed by atoms with Crippen molar-refractivity contribution in [1.82, 2.24) is 4.90 Å². The number of rotatable bonds is 5. The highest BCUT2D eigenvalue weighted by Gasteiger charge is 2.24. The lowest BCUT2D eigenvalue weighted by Gasteiger charge is -2.31. The zero-order chi connectivity index (χ0) is 17.9. The van der Waals surface area contributed by atoms with E-state index in [0.29, 0.717) is 0 Å². The molecule has 0 saturated carbocycles. The third kappa shape index (κ3) is 4.94. The van der Waals surface area contributed by atoms with Crippen LogP contribution in [-0.4, -0.2) is 29.6 Å². The summed E-state index contributed by atoms with van der Waals surface area (Å²) in [4.78, 5) is 2.48. The predicted molar refractivity (Wildman–Crippen MR) is 112 cm³/mol. The third-order valence-electron chi connectivity index (χ3n) is 5.11. The van der Waals surface area contributed by atoms with Crippen LogP contribution in [0.2, 0.25) is 0 Å². The van der Waals surface area contributed by atoms with E-state index in [9.17, 15) is 5.11 Å². The summed E-state index contributed by atoms with van der Waals surface area (Å²) >= 11 is 7.12. The van der Waals surface area contributed by atoms with Crippen LogP contribution < -0.4 is 0 Å². The van der Waals surface area contributed by atoms with Crippen LogP contribution in [-0.2, 0) is 5.60 Å². The average Bonchev–Trinajstić information content (AvgIpc) is 2.61. The molecule has 1 heterocycles. The highest BCUT2D eigenvalue weighted by molar-refractivity contribution is 9.11. The van der Waals surface area contributed by atoms with E-state index in [1.54, 1.807) is 0 Å². The zero-order valence-electron chi connectivity index (χ0n) is 14.6. The Balaban J connectivity index is 1.69. The van der Waals surface area contributed by atoms with E-state index in [1.807, 2.05) is 13.0 Å². The van der Waals surface area contributed by atoms with E-state index in [0.717, 1.165) is 38.6 Å². The van der Waals surface area contributed by atoms with Gasteiger partial charge in [-0.05, 0) is 68.1 Å². The minimum Gasteiger partial charge on any atom is -0.385 e. The van der Waals surface area contributed by atoms with E-state index in [-0.39, 0.29) is 0 Å². The first-order chi connectivity index (χ1) is 12.0. The SMILES string of the molecule is CC(O)(CCN1CCCCC1)c1ccc(-c2ccc(Br)cc2Br)cc1. The molecular weight excluding hydrogens is 442 g/mol. The summed E-state index contributed by atoms with van der Waals surface area (Å²) in [7, 11) is 0. The fourth-order valence-electron chi connectivity index (χ4n) is 3.44. The molecule has 0 bridgehead atoms. The van der Waals surface area contributed by atoms with Crippen LogP contribution in [0.5, 0.6) is 0 Å². The summed E-state index contributed by atoms with van der Waals surface area (Å²) in [5.74, 6) is 0. The second kappa shape index (κ2) is 8.34. The van der Waals surface area contributed by atoms with Gasteiger partial charge in [0.05, 0.1) is 5.60 Å². The minimum atomic E-state index is -0.785. The Hall–Kier alpha value is -0.680. The molecule has 1 unspecified atom stereocenters. The van der Waals surface area contributed by atoms with Crippen LogP contribution in [0.1, 0.15) is 38.2 Å². The van der Waals surface area contributed by atoms with Gasteiger partial charge in [-0.2, -0.15) is 0 Å². The van der Waals surface area contributed by atoms with Crippen molar-refractivity contribution in [3.8, 4) is 11.1 Å². The number of piperidine rings is 1. The Morgan fingerprint density at radius 1 is 1.00 bits per heavy atom. The normalized spacial score (nSPS) is 18.1. The van der Waals surface area contributed by atoms with Crippen LogP contribution in [0, 0.1) is 0 Å². The van der Waals surface area contributed by atoms with Gasteiger partial charge in [-0.15, -0.1) is 0 Å². The van der Waals surface area contributed by atoms with E-state index >= 15 is 0 Å². The summed E-state index contributed by atoms with van der Waals surface area (Å²) in [6.07, 6.45) is 4.70. The van der Waals surface area contributed by atoms with Gasteiger partial charge >= 0.3 is 0 Å². The molecule has 0 spiro atoms. The van der Waals surface area contributed by atoms with E-state index < -0.39 is 5.60 Å². The number of benzene rings is 2. The monoisotopic (exact) mass is 465 g/mol. The van der Waals surface area contributed by atoms with Gasteiger partial charge < -0.3 is 10.0 Å². The van der Waals surface area contributed by atoms with E-state index in [4.69, 9.17) is 0 Å². The molecule has 0 amide bonds. The third-order valence-corrected chi connectivity index (χ3v) is 6.26. The Morgan fingerprint density at radius 3 is 2.32 bits per heavy atom. The van der Waals surface area contributed by atoms with Gasteiger partial charge in [-0.3, -0.25) is 0 Å². The highest BCUT2D eigenvalue weighted by Crippen LogP contribution is 2.33. The smallest absolute Gasteiger partial charge is 0.0880 e. The van der Waals surface area contributed by atoms with Crippen LogP contribution in [0.4, 0.5) is 0 Å². The lowest BCUT2D eigenvalue weighted by Crippen LogP contribution is -2.34. The summed E-state index contributed by atoms with van der Waals surface area (Å²) < 4.78 is 2.12. The first-order valence-electron chi connectivity index (χ1n) is 8.96. The number of likely N-dealkylation sites (tertiary alicyclic amines) is 1. The van der Waals surface area contributed by atoms with Gasteiger partial charge in [0.15, 0.2) is 0 Å². The van der Waals surface area contributed by atoms with Crippen molar-refractivity contribution in [2.45, 2.75) is 38.2 Å². The molecule has 1 aliphatic heterocycles. The molecule has 0 aromatic heterocycles. The Labute approximate surface area is 167 Å². The van der Waals surface area contributed by atoms with Crippen LogP contribution in [0.25, 0.3) is 11.1 Å². The van der Waals surface area contributed by atoms with E-state index in [1.165, 1.54) is 32.4 Å². The number of halogens is 2. The Morgan fingerprint density at radius 2 is 1.68 bits per heavy atom. The first kappa shape index (κ1) is 19.1. The van der Waals surface area contributed by atoms with Crippen LogP contribution in [0.15, 0.2) is 51.4 Å². The van der Waals surface area contributed by atoms with Gasteiger partial charge in [0.2, 0.25) is 0 Å². The minimum absolute atomic E-state index is 0.772. The molecule has 2 nitrogen and oxygen atoms in total. The topological polar surface area (TPSA) is 23.5 Å². The zero-order valence-corrected chi connectivity index (χ0v) is 17.8. The quantitative estimate of drug-likeness (QED) is 0.587. The fraction of sp³-hybridized carbons (Fsp3) is 0.429. The molecule has 2 aromatic rings. The van der Waals surface area contributed by atoms with Crippen molar-refractivity contribution >= 4 is 31.9 Å². The van der Waals surface area contributed by atoms with Crippen molar-refractivity contribution in [1.29, 1.82) is 0 Å². The molecule has 134 valence electrons. The first-order valence-corrected chi connectivity index (χ1v) is 10.5. The lowest BCUT2D eigenvalue weighted by molar-refractivity contribution is 0.0337. The maximum atomic E-state index is 10.9. The second-order valence-corrected chi connectivity index (χ2v) is 8.90. The molecule has 0 aliphatic carbocycles.